The molecule has 1 atom stereocenters. The van der Waals surface area contributed by atoms with Gasteiger partial charge in [-0.2, -0.15) is 0 Å². The van der Waals surface area contributed by atoms with E-state index in [0.717, 1.165) is 0 Å². The van der Waals surface area contributed by atoms with Crippen molar-refractivity contribution in [3.05, 3.63) is 28.2 Å². The van der Waals surface area contributed by atoms with E-state index in [1.165, 1.54) is 19.1 Å². The monoisotopic (exact) mass is 363 g/mol. The maximum atomic E-state index is 11.7. The molecule has 0 heterocycles. The number of amides is 2. The zero-order valence-corrected chi connectivity index (χ0v) is 13.9. The molecule has 23 heavy (non-hydrogen) atoms. The molecule has 0 spiro atoms. The Morgan fingerprint density at radius 2 is 1.91 bits per heavy atom. The highest BCUT2D eigenvalue weighted by atomic mass is 35.5. The third kappa shape index (κ3) is 6.75. The van der Waals surface area contributed by atoms with Gasteiger partial charge in [0, 0.05) is 5.02 Å². The summed E-state index contributed by atoms with van der Waals surface area (Å²) in [6, 6.07) is 4.51. The number of nitrogens with one attached hydrogen (secondary N) is 1. The standard InChI is InChI=1S/C14H15Cl2NO6/c1-3-21-14(20)17-12(18)7-22-13(19)8(2)23-11-5-4-9(15)6-10(11)16/h4-6,8H,3,7H2,1-2H3,(H,17,18,20)/t8-/m0/s1. The molecule has 7 nitrogen and oxygen atoms in total. The van der Waals surface area contributed by atoms with Crippen molar-refractivity contribution in [3.8, 4) is 5.75 Å². The van der Waals surface area contributed by atoms with Gasteiger partial charge in [0.25, 0.3) is 5.91 Å². The fourth-order valence-electron chi connectivity index (χ4n) is 1.38. The van der Waals surface area contributed by atoms with E-state index >= 15 is 0 Å². The highest BCUT2D eigenvalue weighted by Crippen LogP contribution is 2.28. The minimum atomic E-state index is -1.01. The lowest BCUT2D eigenvalue weighted by atomic mass is 10.3. The number of alkyl carbamates (subject to hydrolysis) is 1. The molecule has 1 N–H and O–H groups in total. The molecule has 0 aromatic heterocycles. The Morgan fingerprint density at radius 3 is 2.52 bits per heavy atom. The van der Waals surface area contributed by atoms with Crippen LogP contribution in [0, 0.1) is 0 Å². The van der Waals surface area contributed by atoms with Crippen LogP contribution < -0.4 is 10.1 Å². The van der Waals surface area contributed by atoms with Gasteiger partial charge in [-0.25, -0.2) is 9.59 Å². The lowest BCUT2D eigenvalue weighted by Gasteiger charge is -2.14. The van der Waals surface area contributed by atoms with E-state index in [9.17, 15) is 14.4 Å². The van der Waals surface area contributed by atoms with Crippen LogP contribution in [-0.4, -0.2) is 37.3 Å². The first-order valence-corrected chi connectivity index (χ1v) is 7.34. The predicted octanol–water partition coefficient (Wildman–Crippen LogP) is 2.58. The number of carbonyl (C=O) groups excluding carboxylic acids is 3. The van der Waals surface area contributed by atoms with Crippen molar-refractivity contribution in [1.29, 1.82) is 0 Å². The van der Waals surface area contributed by atoms with Crippen molar-refractivity contribution < 1.29 is 28.6 Å². The number of halogens is 2. The Bertz CT molecular complexity index is 593. The van der Waals surface area contributed by atoms with E-state index in [-0.39, 0.29) is 17.4 Å². The first-order chi connectivity index (χ1) is 10.8. The van der Waals surface area contributed by atoms with E-state index < -0.39 is 30.7 Å². The molecule has 0 bridgehead atoms. The van der Waals surface area contributed by atoms with Crippen molar-refractivity contribution in [2.45, 2.75) is 20.0 Å². The summed E-state index contributed by atoms with van der Waals surface area (Å²) >= 11 is 11.7. The topological polar surface area (TPSA) is 90.9 Å². The molecular weight excluding hydrogens is 349 g/mol. The zero-order valence-electron chi connectivity index (χ0n) is 12.4. The molecule has 1 aromatic rings. The van der Waals surface area contributed by atoms with Gasteiger partial charge in [0.2, 0.25) is 0 Å². The number of esters is 1. The first kappa shape index (κ1) is 19.1. The van der Waals surface area contributed by atoms with Gasteiger partial charge in [-0.1, -0.05) is 23.2 Å². The largest absolute Gasteiger partial charge is 0.477 e. The SMILES string of the molecule is CCOC(=O)NC(=O)COC(=O)[C@H](C)Oc1ccc(Cl)cc1Cl. The fourth-order valence-corrected chi connectivity index (χ4v) is 1.83. The maximum Gasteiger partial charge on any atom is 0.413 e. The van der Waals surface area contributed by atoms with Crippen molar-refractivity contribution in [1.82, 2.24) is 5.32 Å². The molecule has 2 amide bonds. The van der Waals surface area contributed by atoms with E-state index in [0.29, 0.717) is 5.02 Å². The van der Waals surface area contributed by atoms with Crippen molar-refractivity contribution in [2.75, 3.05) is 13.2 Å². The average Bonchev–Trinajstić information content (AvgIpc) is 2.47. The molecule has 0 aliphatic heterocycles. The third-order valence-corrected chi connectivity index (χ3v) is 2.92. The Balaban J connectivity index is 2.45. The third-order valence-electron chi connectivity index (χ3n) is 2.39. The second kappa shape index (κ2) is 9.22. The smallest absolute Gasteiger partial charge is 0.413 e. The van der Waals surface area contributed by atoms with Crippen LogP contribution in [0.5, 0.6) is 5.75 Å². The highest BCUT2D eigenvalue weighted by molar-refractivity contribution is 6.35. The van der Waals surface area contributed by atoms with Gasteiger partial charge in [0.05, 0.1) is 11.6 Å². The summed E-state index contributed by atoms with van der Waals surface area (Å²) in [5, 5.41) is 2.54. The molecule has 0 unspecified atom stereocenters. The highest BCUT2D eigenvalue weighted by Gasteiger charge is 2.19. The van der Waals surface area contributed by atoms with Crippen LogP contribution >= 0.6 is 23.2 Å². The summed E-state index contributed by atoms with van der Waals surface area (Å²) < 4.78 is 14.6. The number of ether oxygens (including phenoxy) is 3. The molecule has 1 aromatic carbocycles. The van der Waals surface area contributed by atoms with Crippen molar-refractivity contribution in [3.63, 3.8) is 0 Å². The summed E-state index contributed by atoms with van der Waals surface area (Å²) in [6.45, 7) is 2.49. The maximum absolute atomic E-state index is 11.7. The van der Waals surface area contributed by atoms with Crippen LogP contribution in [0.2, 0.25) is 10.0 Å². The van der Waals surface area contributed by atoms with Gasteiger partial charge >= 0.3 is 12.1 Å². The number of imide groups is 1. The lowest BCUT2D eigenvalue weighted by Crippen LogP contribution is -2.36. The Labute approximate surface area is 142 Å². The number of hydrogen-bond acceptors (Lipinski definition) is 6. The fraction of sp³-hybridized carbons (Fsp3) is 0.357. The van der Waals surface area contributed by atoms with Gasteiger partial charge in [-0.05, 0) is 32.0 Å². The summed E-state index contributed by atoms with van der Waals surface area (Å²) in [7, 11) is 0. The Morgan fingerprint density at radius 1 is 1.22 bits per heavy atom. The zero-order chi connectivity index (χ0) is 17.4. The lowest BCUT2D eigenvalue weighted by molar-refractivity contribution is -0.154. The second-order valence-electron chi connectivity index (χ2n) is 4.21. The number of carbonyl (C=O) groups is 3. The van der Waals surface area contributed by atoms with Gasteiger partial charge in [0.15, 0.2) is 12.7 Å². The molecule has 0 radical (unpaired) electrons. The number of benzene rings is 1. The van der Waals surface area contributed by atoms with Crippen LogP contribution in [0.4, 0.5) is 4.79 Å². The average molecular weight is 364 g/mol. The number of hydrogen-bond donors (Lipinski definition) is 1. The molecule has 0 fully saturated rings. The summed E-state index contributed by atoms with van der Waals surface area (Å²) in [6.07, 6.45) is -1.92. The Kier molecular flexibility index (Phi) is 7.64. The molecule has 9 heteroatoms. The van der Waals surface area contributed by atoms with E-state index in [2.05, 4.69) is 4.74 Å². The van der Waals surface area contributed by atoms with Crippen LogP contribution in [0.1, 0.15) is 13.8 Å². The molecule has 0 aliphatic rings. The minimum Gasteiger partial charge on any atom is -0.477 e. The van der Waals surface area contributed by atoms with Gasteiger partial charge < -0.3 is 14.2 Å². The molecular formula is C14H15Cl2NO6. The summed E-state index contributed by atoms with van der Waals surface area (Å²) in [5.74, 6) is -1.36. The van der Waals surface area contributed by atoms with Crippen molar-refractivity contribution in [2.24, 2.45) is 0 Å². The van der Waals surface area contributed by atoms with E-state index in [4.69, 9.17) is 32.7 Å². The second-order valence-corrected chi connectivity index (χ2v) is 5.05. The molecule has 1 rings (SSSR count). The van der Waals surface area contributed by atoms with Crippen LogP contribution in [-0.2, 0) is 19.1 Å². The van der Waals surface area contributed by atoms with Crippen molar-refractivity contribution >= 4 is 41.2 Å². The Hall–Kier alpha value is -1.99. The first-order valence-electron chi connectivity index (χ1n) is 6.58. The van der Waals surface area contributed by atoms with Gasteiger partial charge in [-0.15, -0.1) is 0 Å². The summed E-state index contributed by atoms with van der Waals surface area (Å²) in [4.78, 5) is 34.1. The molecule has 0 aliphatic carbocycles. The van der Waals surface area contributed by atoms with E-state index in [1.54, 1.807) is 13.0 Å². The normalized spacial score (nSPS) is 11.3. The quantitative estimate of drug-likeness (QED) is 0.781. The summed E-state index contributed by atoms with van der Waals surface area (Å²) in [5.41, 5.74) is 0. The molecule has 0 saturated carbocycles. The molecule has 126 valence electrons. The van der Waals surface area contributed by atoms with Crippen LogP contribution in [0.25, 0.3) is 0 Å². The van der Waals surface area contributed by atoms with Crippen LogP contribution in [0.15, 0.2) is 18.2 Å². The predicted molar refractivity (Wildman–Crippen MR) is 82.7 cm³/mol. The minimum absolute atomic E-state index is 0.117. The number of rotatable bonds is 6. The van der Waals surface area contributed by atoms with Crippen LogP contribution in [0.3, 0.4) is 0 Å². The molecule has 0 saturated heterocycles. The van der Waals surface area contributed by atoms with Gasteiger partial charge in [-0.3, -0.25) is 10.1 Å². The van der Waals surface area contributed by atoms with E-state index in [1.807, 2.05) is 5.32 Å². The van der Waals surface area contributed by atoms with Gasteiger partial charge in [0.1, 0.15) is 5.75 Å².